The number of allylic oxidation sites excluding steroid dienone is 1. The Bertz CT molecular complexity index is 513. The predicted molar refractivity (Wildman–Crippen MR) is 151 cm³/mol. The second-order valence-corrected chi connectivity index (χ2v) is 12.0. The first-order chi connectivity index (χ1) is 16.6. The second-order valence-electron chi connectivity index (χ2n) is 10.5. The molecule has 0 unspecified atom stereocenters. The standard InChI is InChI=1S/C30H60O3S/c1-2-3-4-5-6-7-8-9-10-11-12-13-14-15-16-17-18-19-20-21-22-23-24-25-26-27-28-29-30-34(31,32)33/h28-29H,2-27,30H2,1H3,(H,31,32,33)/b29-28+. The highest BCUT2D eigenvalue weighted by Gasteiger charge is 1.98. The molecule has 0 heterocycles. The van der Waals surface area contributed by atoms with E-state index in [0.29, 0.717) is 0 Å². The summed E-state index contributed by atoms with van der Waals surface area (Å²) in [4.78, 5) is 0. The van der Waals surface area contributed by atoms with Crippen LogP contribution in [0.4, 0.5) is 0 Å². The average molecular weight is 501 g/mol. The van der Waals surface area contributed by atoms with E-state index in [9.17, 15) is 8.42 Å². The van der Waals surface area contributed by atoms with E-state index in [1.54, 1.807) is 6.08 Å². The fourth-order valence-electron chi connectivity index (χ4n) is 4.71. The van der Waals surface area contributed by atoms with Crippen molar-refractivity contribution in [3.8, 4) is 0 Å². The zero-order valence-electron chi connectivity index (χ0n) is 22.9. The van der Waals surface area contributed by atoms with Gasteiger partial charge in [0.05, 0.1) is 5.75 Å². The van der Waals surface area contributed by atoms with Crippen LogP contribution >= 0.6 is 0 Å². The minimum atomic E-state index is -3.84. The van der Waals surface area contributed by atoms with Crippen molar-refractivity contribution in [2.24, 2.45) is 0 Å². The Labute approximate surface area is 214 Å². The molecular weight excluding hydrogens is 440 g/mol. The maximum atomic E-state index is 10.6. The average Bonchev–Trinajstić information content (AvgIpc) is 2.80. The molecule has 0 saturated heterocycles. The van der Waals surface area contributed by atoms with Gasteiger partial charge in [0.2, 0.25) is 0 Å². The van der Waals surface area contributed by atoms with E-state index in [1.165, 1.54) is 154 Å². The molecule has 0 bridgehead atoms. The molecule has 0 radical (unpaired) electrons. The minimum Gasteiger partial charge on any atom is -0.285 e. The van der Waals surface area contributed by atoms with Crippen LogP contribution in [0, 0.1) is 0 Å². The summed E-state index contributed by atoms with van der Waals surface area (Å²) in [6.45, 7) is 2.29. The normalized spacial score (nSPS) is 12.2. The van der Waals surface area contributed by atoms with Gasteiger partial charge in [0.1, 0.15) is 0 Å². The Hall–Kier alpha value is -0.350. The molecule has 0 spiro atoms. The maximum absolute atomic E-state index is 10.6. The topological polar surface area (TPSA) is 54.4 Å². The van der Waals surface area contributed by atoms with Gasteiger partial charge in [-0.05, 0) is 12.8 Å². The van der Waals surface area contributed by atoms with E-state index in [0.717, 1.165) is 12.8 Å². The van der Waals surface area contributed by atoms with Gasteiger partial charge in [-0.15, -0.1) is 0 Å². The highest BCUT2D eigenvalue weighted by Crippen LogP contribution is 2.16. The quantitative estimate of drug-likeness (QED) is 0.0660. The molecule has 0 atom stereocenters. The summed E-state index contributed by atoms with van der Waals surface area (Å²) in [6.07, 6.45) is 39.4. The van der Waals surface area contributed by atoms with E-state index in [1.807, 2.05) is 6.08 Å². The van der Waals surface area contributed by atoms with Crippen molar-refractivity contribution < 1.29 is 13.0 Å². The van der Waals surface area contributed by atoms with Crippen molar-refractivity contribution in [1.29, 1.82) is 0 Å². The van der Waals surface area contributed by atoms with Gasteiger partial charge in [-0.25, -0.2) is 0 Å². The van der Waals surface area contributed by atoms with Gasteiger partial charge >= 0.3 is 0 Å². The molecule has 0 rings (SSSR count). The van der Waals surface area contributed by atoms with Crippen LogP contribution in [-0.4, -0.2) is 18.7 Å². The van der Waals surface area contributed by atoms with Crippen molar-refractivity contribution in [3.05, 3.63) is 12.2 Å². The smallest absolute Gasteiger partial charge is 0.268 e. The molecule has 0 aromatic rings. The minimum absolute atomic E-state index is 0.258. The molecule has 0 aromatic heterocycles. The van der Waals surface area contributed by atoms with E-state index in [2.05, 4.69) is 6.92 Å². The highest BCUT2D eigenvalue weighted by atomic mass is 32.2. The molecule has 0 aliphatic carbocycles. The monoisotopic (exact) mass is 500 g/mol. The van der Waals surface area contributed by atoms with Crippen LogP contribution in [0.3, 0.4) is 0 Å². The van der Waals surface area contributed by atoms with Gasteiger partial charge in [-0.1, -0.05) is 173 Å². The van der Waals surface area contributed by atoms with Crippen LogP contribution in [0.25, 0.3) is 0 Å². The molecule has 3 nitrogen and oxygen atoms in total. The van der Waals surface area contributed by atoms with Crippen LogP contribution in [0.15, 0.2) is 12.2 Å². The predicted octanol–water partition coefficient (Wildman–Crippen LogP) is 10.6. The van der Waals surface area contributed by atoms with Gasteiger partial charge in [-0.2, -0.15) is 8.42 Å². The number of rotatable bonds is 28. The van der Waals surface area contributed by atoms with E-state index < -0.39 is 10.1 Å². The zero-order valence-corrected chi connectivity index (χ0v) is 23.7. The van der Waals surface area contributed by atoms with Crippen LogP contribution in [0.2, 0.25) is 0 Å². The third kappa shape index (κ3) is 31.6. The maximum Gasteiger partial charge on any atom is 0.268 e. The van der Waals surface area contributed by atoms with Crippen molar-refractivity contribution in [2.75, 3.05) is 5.75 Å². The molecule has 1 N–H and O–H groups in total. The molecule has 0 fully saturated rings. The second kappa shape index (κ2) is 27.2. The summed E-state index contributed by atoms with van der Waals surface area (Å²) < 4.78 is 29.8. The lowest BCUT2D eigenvalue weighted by molar-refractivity contribution is 0.486. The summed E-state index contributed by atoms with van der Waals surface area (Å²) in [6, 6.07) is 0. The summed E-state index contributed by atoms with van der Waals surface area (Å²) in [5, 5.41) is 0. The highest BCUT2D eigenvalue weighted by molar-refractivity contribution is 7.85. The lowest BCUT2D eigenvalue weighted by atomic mass is 10.0. The Morgan fingerprint density at radius 2 is 0.706 bits per heavy atom. The largest absolute Gasteiger partial charge is 0.285 e. The van der Waals surface area contributed by atoms with Crippen LogP contribution in [0.1, 0.15) is 174 Å². The number of hydrogen-bond donors (Lipinski definition) is 1. The van der Waals surface area contributed by atoms with Gasteiger partial charge in [0.15, 0.2) is 0 Å². The third-order valence-electron chi connectivity index (χ3n) is 6.95. The summed E-state index contributed by atoms with van der Waals surface area (Å²) in [5.74, 6) is -0.258. The Balaban J connectivity index is 3.08. The lowest BCUT2D eigenvalue weighted by Gasteiger charge is -2.04. The third-order valence-corrected chi connectivity index (χ3v) is 7.56. The SMILES string of the molecule is CCCCCCCCCCCCCCCCCCCCCCCCCCC/C=C/CS(=O)(=O)O. The molecule has 0 aliphatic rings. The van der Waals surface area contributed by atoms with Crippen molar-refractivity contribution in [2.45, 2.75) is 174 Å². The lowest BCUT2D eigenvalue weighted by Crippen LogP contribution is -1.99. The first kappa shape index (κ1) is 33.7. The van der Waals surface area contributed by atoms with Gasteiger partial charge in [0, 0.05) is 0 Å². The fraction of sp³-hybridized carbons (Fsp3) is 0.933. The molecule has 0 aliphatic heterocycles. The first-order valence-corrected chi connectivity index (χ1v) is 16.8. The molecule has 0 saturated carbocycles. The van der Waals surface area contributed by atoms with Crippen LogP contribution < -0.4 is 0 Å². The van der Waals surface area contributed by atoms with Gasteiger partial charge in [-0.3, -0.25) is 4.55 Å². The molecular formula is C30H60O3S. The number of unbranched alkanes of at least 4 members (excludes halogenated alkanes) is 25. The summed E-state index contributed by atoms with van der Waals surface area (Å²) in [7, 11) is -3.84. The van der Waals surface area contributed by atoms with E-state index in [4.69, 9.17) is 4.55 Å². The summed E-state index contributed by atoms with van der Waals surface area (Å²) in [5.41, 5.74) is 0. The van der Waals surface area contributed by atoms with Gasteiger partial charge < -0.3 is 0 Å². The van der Waals surface area contributed by atoms with Crippen molar-refractivity contribution in [3.63, 3.8) is 0 Å². The first-order valence-electron chi connectivity index (χ1n) is 15.2. The molecule has 4 heteroatoms. The Kier molecular flexibility index (Phi) is 27.0. The molecule has 0 aromatic carbocycles. The van der Waals surface area contributed by atoms with E-state index in [-0.39, 0.29) is 5.75 Å². The van der Waals surface area contributed by atoms with Crippen molar-refractivity contribution in [1.82, 2.24) is 0 Å². The molecule has 34 heavy (non-hydrogen) atoms. The van der Waals surface area contributed by atoms with Crippen LogP contribution in [0.5, 0.6) is 0 Å². The Morgan fingerprint density at radius 3 is 0.971 bits per heavy atom. The molecule has 204 valence electrons. The van der Waals surface area contributed by atoms with Crippen molar-refractivity contribution >= 4 is 10.1 Å². The van der Waals surface area contributed by atoms with E-state index >= 15 is 0 Å². The zero-order chi connectivity index (χ0) is 25.0. The fourth-order valence-corrected chi connectivity index (χ4v) is 5.09. The van der Waals surface area contributed by atoms with Gasteiger partial charge in [0.25, 0.3) is 10.1 Å². The summed E-state index contributed by atoms with van der Waals surface area (Å²) >= 11 is 0. The Morgan fingerprint density at radius 1 is 0.441 bits per heavy atom. The van der Waals surface area contributed by atoms with Crippen LogP contribution in [-0.2, 0) is 10.1 Å². The number of hydrogen-bond acceptors (Lipinski definition) is 2. The molecule has 0 amide bonds.